The molecule has 0 amide bonds. The van der Waals surface area contributed by atoms with Crippen molar-refractivity contribution in [3.63, 3.8) is 0 Å². The van der Waals surface area contributed by atoms with Gasteiger partial charge < -0.3 is 9.67 Å². The van der Waals surface area contributed by atoms with E-state index in [1.165, 1.54) is 0 Å². The second-order valence-electron chi connectivity index (χ2n) is 6.39. The van der Waals surface area contributed by atoms with Crippen molar-refractivity contribution in [1.82, 2.24) is 24.4 Å². The zero-order chi connectivity index (χ0) is 17.9. The van der Waals surface area contributed by atoms with E-state index in [0.29, 0.717) is 12.4 Å². The number of carboxylic acids is 1. The van der Waals surface area contributed by atoms with Crippen molar-refractivity contribution >= 4 is 5.97 Å². The minimum absolute atomic E-state index is 0.00958. The first kappa shape index (κ1) is 16.4. The van der Waals surface area contributed by atoms with E-state index in [1.54, 1.807) is 17.0 Å². The molecule has 132 valence electrons. The van der Waals surface area contributed by atoms with Crippen LogP contribution in [-0.4, -0.2) is 42.0 Å². The van der Waals surface area contributed by atoms with E-state index in [0.717, 1.165) is 42.0 Å². The Morgan fingerprint density at radius 3 is 2.96 bits per heavy atom. The average Bonchev–Trinajstić information content (AvgIpc) is 3.08. The van der Waals surface area contributed by atoms with Crippen molar-refractivity contribution in [1.29, 1.82) is 0 Å². The molecule has 3 aromatic rings. The molecule has 0 aliphatic carbocycles. The molecular weight excluding hydrogens is 330 g/mol. The zero-order valence-electron chi connectivity index (χ0n) is 14.2. The molecular formula is C19H19N5O2. The van der Waals surface area contributed by atoms with Gasteiger partial charge in [0.2, 0.25) is 0 Å². The molecule has 0 fully saturated rings. The smallest absolute Gasteiger partial charge is 0.323 e. The highest BCUT2D eigenvalue weighted by Gasteiger charge is 2.20. The molecule has 0 bridgehead atoms. The molecule has 1 aliphatic heterocycles. The summed E-state index contributed by atoms with van der Waals surface area (Å²) in [4.78, 5) is 26.6. The van der Waals surface area contributed by atoms with Crippen molar-refractivity contribution in [2.24, 2.45) is 0 Å². The van der Waals surface area contributed by atoms with Gasteiger partial charge in [0.25, 0.3) is 0 Å². The monoisotopic (exact) mass is 349 g/mol. The van der Waals surface area contributed by atoms with Gasteiger partial charge in [0.05, 0.1) is 5.69 Å². The van der Waals surface area contributed by atoms with Gasteiger partial charge in [-0.3, -0.25) is 14.7 Å². The predicted molar refractivity (Wildman–Crippen MR) is 95.1 cm³/mol. The lowest BCUT2D eigenvalue weighted by Crippen LogP contribution is -2.32. The quantitative estimate of drug-likeness (QED) is 0.758. The molecule has 0 saturated heterocycles. The van der Waals surface area contributed by atoms with E-state index < -0.39 is 5.97 Å². The highest BCUT2D eigenvalue weighted by atomic mass is 16.4. The van der Waals surface area contributed by atoms with E-state index in [2.05, 4.69) is 14.9 Å². The number of hydrogen-bond donors (Lipinski definition) is 1. The van der Waals surface area contributed by atoms with Crippen molar-refractivity contribution in [2.45, 2.75) is 26.1 Å². The summed E-state index contributed by atoms with van der Waals surface area (Å²) in [6, 6.07) is 7.70. The van der Waals surface area contributed by atoms with Crippen molar-refractivity contribution in [3.8, 4) is 11.4 Å². The molecule has 7 heteroatoms. The Balaban J connectivity index is 1.49. The lowest BCUT2D eigenvalue weighted by Gasteiger charge is -2.28. The molecule has 7 nitrogen and oxygen atoms in total. The second-order valence-corrected chi connectivity index (χ2v) is 6.39. The van der Waals surface area contributed by atoms with Crippen LogP contribution in [0.15, 0.2) is 49.1 Å². The molecule has 0 aromatic carbocycles. The Hall–Kier alpha value is -3.06. The maximum atomic E-state index is 11.0. The second kappa shape index (κ2) is 7.05. The van der Waals surface area contributed by atoms with Gasteiger partial charge >= 0.3 is 5.97 Å². The Bertz CT molecular complexity index is 923. The van der Waals surface area contributed by atoms with Crippen LogP contribution in [0.1, 0.15) is 17.0 Å². The summed E-state index contributed by atoms with van der Waals surface area (Å²) >= 11 is 0. The number of aromatic nitrogens is 4. The van der Waals surface area contributed by atoms with E-state index in [-0.39, 0.29) is 6.54 Å². The van der Waals surface area contributed by atoms with Gasteiger partial charge in [0.1, 0.15) is 6.54 Å². The molecule has 0 saturated carbocycles. The van der Waals surface area contributed by atoms with Gasteiger partial charge in [-0.15, -0.1) is 0 Å². The summed E-state index contributed by atoms with van der Waals surface area (Å²) < 4.78 is 1.78. The average molecular weight is 349 g/mol. The summed E-state index contributed by atoms with van der Waals surface area (Å²) in [5.74, 6) is -0.122. The topological polar surface area (TPSA) is 84.1 Å². The lowest BCUT2D eigenvalue weighted by atomic mass is 10.1. The van der Waals surface area contributed by atoms with Crippen LogP contribution < -0.4 is 0 Å². The highest BCUT2D eigenvalue weighted by Crippen LogP contribution is 2.21. The van der Waals surface area contributed by atoms with Gasteiger partial charge in [-0.1, -0.05) is 0 Å². The minimum atomic E-state index is -0.831. The maximum Gasteiger partial charge on any atom is 0.323 e. The van der Waals surface area contributed by atoms with Gasteiger partial charge in [-0.2, -0.15) is 0 Å². The van der Waals surface area contributed by atoms with Gasteiger partial charge in [0.15, 0.2) is 5.82 Å². The summed E-state index contributed by atoms with van der Waals surface area (Å²) in [6.45, 7) is 2.35. The number of nitrogens with zero attached hydrogens (tertiary/aromatic N) is 5. The first-order valence-electron chi connectivity index (χ1n) is 8.52. The number of aliphatic carboxylic acids is 1. The standard InChI is InChI=1S/C19H19N5O2/c25-18(26)13-24-7-2-4-16(24)12-23-8-5-17-15(11-23)10-21-19(22-17)14-3-1-6-20-9-14/h1-4,6-7,9-10H,5,8,11-13H2,(H,25,26). The van der Waals surface area contributed by atoms with Gasteiger partial charge in [0, 0.05) is 67.7 Å². The van der Waals surface area contributed by atoms with Crippen LogP contribution in [0.25, 0.3) is 11.4 Å². The fourth-order valence-corrected chi connectivity index (χ4v) is 3.27. The Morgan fingerprint density at radius 1 is 1.23 bits per heavy atom. The number of carboxylic acid groups (broad SMARTS) is 1. The number of hydrogen-bond acceptors (Lipinski definition) is 5. The van der Waals surface area contributed by atoms with Crippen LogP contribution >= 0.6 is 0 Å². The molecule has 0 spiro atoms. The predicted octanol–water partition coefficient (Wildman–Crippen LogP) is 1.98. The summed E-state index contributed by atoms with van der Waals surface area (Å²) in [5.41, 5.74) is 4.13. The first-order valence-corrected chi connectivity index (χ1v) is 8.52. The van der Waals surface area contributed by atoms with Crippen molar-refractivity contribution in [2.75, 3.05) is 6.54 Å². The number of pyridine rings is 1. The molecule has 4 rings (SSSR count). The third-order valence-electron chi connectivity index (χ3n) is 4.55. The van der Waals surface area contributed by atoms with Crippen LogP contribution in [-0.2, 0) is 30.8 Å². The van der Waals surface area contributed by atoms with E-state index in [9.17, 15) is 4.79 Å². The molecule has 1 aliphatic rings. The minimum Gasteiger partial charge on any atom is -0.480 e. The van der Waals surface area contributed by atoms with Crippen LogP contribution in [0.3, 0.4) is 0 Å². The maximum absolute atomic E-state index is 11.0. The summed E-state index contributed by atoms with van der Waals surface area (Å²) in [5, 5.41) is 9.01. The molecule has 0 atom stereocenters. The fourth-order valence-electron chi connectivity index (χ4n) is 3.27. The Morgan fingerprint density at radius 2 is 2.15 bits per heavy atom. The van der Waals surface area contributed by atoms with E-state index >= 15 is 0 Å². The molecule has 0 unspecified atom stereocenters. The van der Waals surface area contributed by atoms with Crippen molar-refractivity contribution in [3.05, 3.63) is 66.0 Å². The normalized spacial score (nSPS) is 14.2. The SMILES string of the molecule is O=C(O)Cn1cccc1CN1CCc2nc(-c3cccnc3)ncc2C1. The van der Waals surface area contributed by atoms with Crippen LogP contribution in [0.4, 0.5) is 0 Å². The van der Waals surface area contributed by atoms with Gasteiger partial charge in [-0.05, 0) is 24.3 Å². The highest BCUT2D eigenvalue weighted by molar-refractivity contribution is 5.66. The van der Waals surface area contributed by atoms with Gasteiger partial charge in [-0.25, -0.2) is 9.97 Å². The fraction of sp³-hybridized carbons (Fsp3) is 0.263. The third-order valence-corrected chi connectivity index (χ3v) is 4.55. The van der Waals surface area contributed by atoms with Crippen molar-refractivity contribution < 1.29 is 9.90 Å². The number of fused-ring (bicyclic) bond motifs is 1. The lowest BCUT2D eigenvalue weighted by molar-refractivity contribution is -0.137. The summed E-state index contributed by atoms with van der Waals surface area (Å²) in [6.07, 6.45) is 8.07. The summed E-state index contributed by atoms with van der Waals surface area (Å²) in [7, 11) is 0. The first-order chi connectivity index (χ1) is 12.7. The largest absolute Gasteiger partial charge is 0.480 e. The zero-order valence-corrected chi connectivity index (χ0v) is 14.2. The van der Waals surface area contributed by atoms with Crippen LogP contribution in [0.2, 0.25) is 0 Å². The van der Waals surface area contributed by atoms with E-state index in [4.69, 9.17) is 10.1 Å². The van der Waals surface area contributed by atoms with Crippen LogP contribution in [0, 0.1) is 0 Å². The number of carbonyl (C=O) groups is 1. The molecule has 0 radical (unpaired) electrons. The Kier molecular flexibility index (Phi) is 4.45. The third kappa shape index (κ3) is 3.48. The molecule has 1 N–H and O–H groups in total. The molecule has 26 heavy (non-hydrogen) atoms. The number of rotatable bonds is 5. The molecule has 4 heterocycles. The molecule has 3 aromatic heterocycles. The van der Waals surface area contributed by atoms with Crippen LogP contribution in [0.5, 0.6) is 0 Å². The Labute approximate surface area is 151 Å². The van der Waals surface area contributed by atoms with E-state index in [1.807, 2.05) is 36.7 Å².